The van der Waals surface area contributed by atoms with Gasteiger partial charge in [-0.1, -0.05) is 0 Å². The van der Waals surface area contributed by atoms with Gasteiger partial charge in [-0.25, -0.2) is 19.5 Å². The summed E-state index contributed by atoms with van der Waals surface area (Å²) in [6, 6.07) is 13.2. The number of ether oxygens (including phenoxy) is 2. The Kier molecular flexibility index (Phi) is 6.02. The van der Waals surface area contributed by atoms with Gasteiger partial charge in [0, 0.05) is 35.9 Å². The van der Waals surface area contributed by atoms with E-state index in [-0.39, 0.29) is 0 Å². The summed E-state index contributed by atoms with van der Waals surface area (Å²) >= 11 is 0. The van der Waals surface area contributed by atoms with Crippen LogP contribution in [-0.2, 0) is 0 Å². The van der Waals surface area contributed by atoms with Crippen LogP contribution in [-0.4, -0.2) is 56.7 Å². The predicted molar refractivity (Wildman–Crippen MR) is 136 cm³/mol. The number of nitrogens with one attached hydrogen (secondary N) is 1. The Balaban J connectivity index is 1.35. The molecule has 0 aliphatic heterocycles. The Bertz CT molecular complexity index is 1500. The van der Waals surface area contributed by atoms with Crippen LogP contribution in [0.5, 0.6) is 17.2 Å². The number of fused-ring (bicyclic) bond motifs is 2. The van der Waals surface area contributed by atoms with Crippen molar-refractivity contribution in [2.45, 2.75) is 6.92 Å². The van der Waals surface area contributed by atoms with E-state index in [0.717, 1.165) is 40.1 Å². The molecule has 0 radical (unpaired) electrons. The van der Waals surface area contributed by atoms with Crippen LogP contribution >= 0.6 is 0 Å². The average Bonchev–Trinajstić information content (AvgIpc) is 3.29. The molecule has 0 fully saturated rings. The number of hydrogen-bond donors (Lipinski definition) is 2. The summed E-state index contributed by atoms with van der Waals surface area (Å²) in [7, 11) is 3.99. The third-order valence-electron chi connectivity index (χ3n) is 5.48. The van der Waals surface area contributed by atoms with Crippen LogP contribution < -0.4 is 20.5 Å². The Hall–Kier alpha value is -4.44. The minimum Gasteiger partial charge on any atom is -0.490 e. The van der Waals surface area contributed by atoms with Crippen LogP contribution in [0.15, 0.2) is 61.3 Å². The summed E-state index contributed by atoms with van der Waals surface area (Å²) in [6.07, 6.45) is 4.84. The third kappa shape index (κ3) is 4.92. The van der Waals surface area contributed by atoms with Crippen molar-refractivity contribution in [3.05, 3.63) is 66.9 Å². The number of nitrogens with zero attached hydrogens (tertiary/aromatic N) is 6. The Morgan fingerprint density at radius 1 is 1.00 bits per heavy atom. The first-order valence-electron chi connectivity index (χ1n) is 11.1. The molecule has 10 nitrogen and oxygen atoms in total. The van der Waals surface area contributed by atoms with Crippen LogP contribution in [0.3, 0.4) is 0 Å². The molecule has 0 amide bonds. The molecule has 5 rings (SSSR count). The van der Waals surface area contributed by atoms with Crippen LogP contribution in [0.25, 0.3) is 16.6 Å². The van der Waals surface area contributed by atoms with Gasteiger partial charge in [-0.2, -0.15) is 5.10 Å². The van der Waals surface area contributed by atoms with Gasteiger partial charge in [0.2, 0.25) is 0 Å². The van der Waals surface area contributed by atoms with Gasteiger partial charge in [0.1, 0.15) is 42.3 Å². The Labute approximate surface area is 202 Å². The van der Waals surface area contributed by atoms with Crippen molar-refractivity contribution in [1.82, 2.24) is 29.5 Å². The summed E-state index contributed by atoms with van der Waals surface area (Å²) in [6.45, 7) is 3.32. The van der Waals surface area contributed by atoms with E-state index in [1.165, 1.54) is 12.7 Å². The topological polar surface area (TPSA) is 116 Å². The highest BCUT2D eigenvalue weighted by atomic mass is 16.5. The highest BCUT2D eigenvalue weighted by Gasteiger charge is 2.11. The SMILES string of the molecule is Cc1cc(Nc2ncnc3cc(OCCN(C)C)c(N)cc23)ccc1Oc1ccn2ncnc2c1. The molecule has 0 unspecified atom stereocenters. The predicted octanol–water partition coefficient (Wildman–Crippen LogP) is 4.04. The minimum atomic E-state index is 0.540. The number of aromatic nitrogens is 5. The molecule has 3 heterocycles. The fourth-order valence-electron chi connectivity index (χ4n) is 3.63. The molecular formula is C25H26N8O2. The lowest BCUT2D eigenvalue weighted by atomic mass is 10.1. The molecule has 35 heavy (non-hydrogen) atoms. The highest BCUT2D eigenvalue weighted by molar-refractivity contribution is 5.94. The first-order valence-corrected chi connectivity index (χ1v) is 11.1. The number of hydrogen-bond acceptors (Lipinski definition) is 9. The zero-order valence-corrected chi connectivity index (χ0v) is 19.8. The molecule has 0 saturated carbocycles. The van der Waals surface area contributed by atoms with Crippen molar-refractivity contribution in [2.24, 2.45) is 0 Å². The number of anilines is 3. The number of likely N-dealkylation sites (N-methyl/N-ethyl adjacent to an activating group) is 1. The first-order chi connectivity index (χ1) is 17.0. The quantitative estimate of drug-likeness (QED) is 0.324. The summed E-state index contributed by atoms with van der Waals surface area (Å²) in [5, 5.41) is 8.28. The molecule has 0 saturated heterocycles. The van der Waals surface area contributed by atoms with Crippen molar-refractivity contribution in [1.29, 1.82) is 0 Å². The number of pyridine rings is 1. The number of nitrogen functional groups attached to an aromatic ring is 1. The molecule has 0 bridgehead atoms. The van der Waals surface area contributed by atoms with Crippen LogP contribution in [0, 0.1) is 6.92 Å². The molecule has 3 aromatic heterocycles. The standard InChI is InChI=1S/C25H26N8O2/c1-16-10-17(4-5-22(16)35-18-6-7-33-24(11-18)28-15-30-33)31-25-19-12-20(26)23(34-9-8-32(2)3)13-21(19)27-14-29-25/h4-7,10-15H,8-9,26H2,1-3H3,(H,27,29,31). The monoisotopic (exact) mass is 470 g/mol. The molecule has 2 aromatic carbocycles. The highest BCUT2D eigenvalue weighted by Crippen LogP contribution is 2.33. The zero-order valence-electron chi connectivity index (χ0n) is 19.8. The third-order valence-corrected chi connectivity index (χ3v) is 5.48. The van der Waals surface area contributed by atoms with Crippen molar-refractivity contribution in [3.63, 3.8) is 0 Å². The van der Waals surface area contributed by atoms with Gasteiger partial charge in [-0.05, 0) is 56.9 Å². The molecule has 0 aliphatic rings. The van der Waals surface area contributed by atoms with E-state index in [0.29, 0.717) is 29.6 Å². The second-order valence-electron chi connectivity index (χ2n) is 8.41. The van der Waals surface area contributed by atoms with Gasteiger partial charge in [0.25, 0.3) is 0 Å². The second-order valence-corrected chi connectivity index (χ2v) is 8.41. The summed E-state index contributed by atoms with van der Waals surface area (Å²) < 4.78 is 13.6. The van der Waals surface area contributed by atoms with Crippen LogP contribution in [0.4, 0.5) is 17.2 Å². The molecule has 0 atom stereocenters. The Morgan fingerprint density at radius 2 is 1.89 bits per heavy atom. The van der Waals surface area contributed by atoms with Gasteiger partial charge in [0.15, 0.2) is 5.65 Å². The van der Waals surface area contributed by atoms with E-state index >= 15 is 0 Å². The first kappa shape index (κ1) is 22.4. The maximum Gasteiger partial charge on any atom is 0.158 e. The summed E-state index contributed by atoms with van der Waals surface area (Å²) in [5.41, 5.74) is 10.1. The van der Waals surface area contributed by atoms with Crippen molar-refractivity contribution in [3.8, 4) is 17.2 Å². The molecule has 10 heteroatoms. The zero-order chi connectivity index (χ0) is 24.4. The maximum absolute atomic E-state index is 6.26. The van der Waals surface area contributed by atoms with Gasteiger partial charge < -0.3 is 25.4 Å². The van der Waals surface area contributed by atoms with Gasteiger partial charge in [0.05, 0.1) is 11.2 Å². The second kappa shape index (κ2) is 9.43. The van der Waals surface area contributed by atoms with E-state index in [4.69, 9.17) is 15.2 Å². The van der Waals surface area contributed by atoms with Gasteiger partial charge in [-0.15, -0.1) is 0 Å². The van der Waals surface area contributed by atoms with E-state index in [1.54, 1.807) is 4.52 Å². The van der Waals surface area contributed by atoms with Crippen molar-refractivity contribution in [2.75, 3.05) is 38.3 Å². The molecule has 178 valence electrons. The Morgan fingerprint density at radius 3 is 2.71 bits per heavy atom. The minimum absolute atomic E-state index is 0.540. The fourth-order valence-corrected chi connectivity index (χ4v) is 3.63. The van der Waals surface area contributed by atoms with Gasteiger partial charge >= 0.3 is 0 Å². The van der Waals surface area contributed by atoms with E-state index in [9.17, 15) is 0 Å². The number of rotatable bonds is 8. The molecule has 5 aromatic rings. The van der Waals surface area contributed by atoms with Crippen molar-refractivity contribution < 1.29 is 9.47 Å². The van der Waals surface area contributed by atoms with Crippen LogP contribution in [0.1, 0.15) is 5.56 Å². The van der Waals surface area contributed by atoms with Crippen molar-refractivity contribution >= 4 is 33.7 Å². The lowest BCUT2D eigenvalue weighted by molar-refractivity contribution is 0.262. The van der Waals surface area contributed by atoms with E-state index < -0.39 is 0 Å². The molecule has 3 N–H and O–H groups in total. The largest absolute Gasteiger partial charge is 0.490 e. The summed E-state index contributed by atoms with van der Waals surface area (Å²) in [4.78, 5) is 15.1. The molecule has 0 spiro atoms. The maximum atomic E-state index is 6.26. The lowest BCUT2D eigenvalue weighted by Gasteiger charge is -2.15. The molecular weight excluding hydrogens is 444 g/mol. The number of nitrogens with two attached hydrogens (primary N) is 1. The smallest absolute Gasteiger partial charge is 0.158 e. The number of aryl methyl sites for hydroxylation is 1. The summed E-state index contributed by atoms with van der Waals surface area (Å²) in [5.74, 6) is 2.71. The normalized spacial score (nSPS) is 11.3. The fraction of sp³-hybridized carbons (Fsp3) is 0.200. The molecule has 0 aliphatic carbocycles. The average molecular weight is 471 g/mol. The van der Waals surface area contributed by atoms with Crippen LogP contribution in [0.2, 0.25) is 0 Å². The number of benzene rings is 2. The lowest BCUT2D eigenvalue weighted by Crippen LogP contribution is -2.19. The van der Waals surface area contributed by atoms with E-state index in [1.807, 2.05) is 69.7 Å². The van der Waals surface area contributed by atoms with Gasteiger partial charge in [-0.3, -0.25) is 0 Å². The van der Waals surface area contributed by atoms with E-state index in [2.05, 4.69) is 30.3 Å².